The van der Waals surface area contributed by atoms with E-state index < -0.39 is 0 Å². The fourth-order valence-corrected chi connectivity index (χ4v) is 1.89. The third kappa shape index (κ3) is 5.41. The maximum atomic E-state index is 11.9. The van der Waals surface area contributed by atoms with E-state index in [4.69, 9.17) is 5.11 Å². The summed E-state index contributed by atoms with van der Waals surface area (Å²) in [5.41, 5.74) is 3.17. The number of aliphatic hydroxyl groups excluding tert-OH is 1. The molecular weight excluding hydrogens is 240 g/mol. The lowest BCUT2D eigenvalue weighted by atomic mass is 10.1. The van der Waals surface area contributed by atoms with Crippen LogP contribution in [0, 0.1) is 13.8 Å². The molecule has 0 bridgehead atoms. The van der Waals surface area contributed by atoms with Gasteiger partial charge in [-0.25, -0.2) is 0 Å². The largest absolute Gasteiger partial charge is 0.396 e. The predicted molar refractivity (Wildman–Crippen MR) is 78.4 cm³/mol. The first-order chi connectivity index (χ1) is 9.04. The molecule has 1 aromatic rings. The van der Waals surface area contributed by atoms with Crippen LogP contribution in [0.5, 0.6) is 0 Å². The van der Waals surface area contributed by atoms with E-state index in [1.54, 1.807) is 0 Å². The number of rotatable bonds is 7. The van der Waals surface area contributed by atoms with Crippen LogP contribution in [0.15, 0.2) is 18.2 Å². The molecular formula is C15H24N2O2. The fraction of sp³-hybridized carbons (Fsp3) is 0.533. The number of carbonyl (C=O) groups is 1. The molecule has 1 amide bonds. The van der Waals surface area contributed by atoms with Gasteiger partial charge in [0.15, 0.2) is 0 Å². The highest BCUT2D eigenvalue weighted by atomic mass is 16.2. The molecule has 1 aromatic carbocycles. The summed E-state index contributed by atoms with van der Waals surface area (Å²) in [6, 6.07) is 5.90. The predicted octanol–water partition coefficient (Wildman–Crippen LogP) is 1.95. The Hall–Kier alpha value is -1.39. The second kappa shape index (κ2) is 7.92. The van der Waals surface area contributed by atoms with Crippen LogP contribution in [-0.2, 0) is 4.79 Å². The molecule has 0 fully saturated rings. The molecule has 0 aliphatic heterocycles. The second-order valence-corrected chi connectivity index (χ2v) is 4.96. The number of unbranched alkanes of at least 4 members (excludes halogenated alkanes) is 1. The number of benzene rings is 1. The van der Waals surface area contributed by atoms with Crippen molar-refractivity contribution in [1.82, 2.24) is 4.90 Å². The van der Waals surface area contributed by atoms with Crippen molar-refractivity contribution < 1.29 is 9.90 Å². The van der Waals surface area contributed by atoms with Gasteiger partial charge in [-0.15, -0.1) is 0 Å². The molecule has 19 heavy (non-hydrogen) atoms. The smallest absolute Gasteiger partial charge is 0.238 e. The van der Waals surface area contributed by atoms with E-state index in [9.17, 15) is 4.79 Å². The van der Waals surface area contributed by atoms with Gasteiger partial charge in [-0.3, -0.25) is 9.69 Å². The summed E-state index contributed by atoms with van der Waals surface area (Å²) in [6.07, 6.45) is 1.69. The van der Waals surface area contributed by atoms with E-state index in [1.165, 1.54) is 5.56 Å². The topological polar surface area (TPSA) is 52.6 Å². The molecule has 0 saturated carbocycles. The van der Waals surface area contributed by atoms with Crippen LogP contribution >= 0.6 is 0 Å². The van der Waals surface area contributed by atoms with Crippen molar-refractivity contribution in [2.24, 2.45) is 0 Å². The average Bonchev–Trinajstić information content (AvgIpc) is 2.35. The number of hydrogen-bond donors (Lipinski definition) is 2. The summed E-state index contributed by atoms with van der Waals surface area (Å²) in [6.45, 7) is 5.45. The zero-order valence-electron chi connectivity index (χ0n) is 12.1. The molecule has 0 atom stereocenters. The van der Waals surface area contributed by atoms with Crippen LogP contribution in [0.4, 0.5) is 5.69 Å². The average molecular weight is 264 g/mol. The zero-order valence-corrected chi connectivity index (χ0v) is 12.1. The Labute approximate surface area is 115 Å². The molecule has 0 saturated heterocycles. The highest BCUT2D eigenvalue weighted by Crippen LogP contribution is 2.17. The Bertz CT molecular complexity index is 419. The number of likely N-dealkylation sites (N-methyl/N-ethyl adjacent to an activating group) is 1. The van der Waals surface area contributed by atoms with Crippen molar-refractivity contribution in [1.29, 1.82) is 0 Å². The molecule has 106 valence electrons. The lowest BCUT2D eigenvalue weighted by Gasteiger charge is -2.17. The third-order valence-corrected chi connectivity index (χ3v) is 3.24. The third-order valence-electron chi connectivity index (χ3n) is 3.24. The van der Waals surface area contributed by atoms with E-state index in [1.807, 2.05) is 44.0 Å². The van der Waals surface area contributed by atoms with E-state index >= 15 is 0 Å². The molecule has 0 aromatic heterocycles. The van der Waals surface area contributed by atoms with Crippen LogP contribution in [-0.4, -0.2) is 42.7 Å². The van der Waals surface area contributed by atoms with Gasteiger partial charge in [0, 0.05) is 12.3 Å². The van der Waals surface area contributed by atoms with Gasteiger partial charge >= 0.3 is 0 Å². The number of nitrogens with one attached hydrogen (secondary N) is 1. The highest BCUT2D eigenvalue weighted by molar-refractivity contribution is 5.93. The first kappa shape index (κ1) is 15.7. The molecule has 0 aliphatic carbocycles. The first-order valence-electron chi connectivity index (χ1n) is 6.70. The maximum absolute atomic E-state index is 11.9. The Morgan fingerprint density at radius 3 is 2.74 bits per heavy atom. The molecule has 0 unspecified atom stereocenters. The monoisotopic (exact) mass is 264 g/mol. The van der Waals surface area contributed by atoms with Gasteiger partial charge in [-0.2, -0.15) is 0 Å². The normalized spacial score (nSPS) is 10.8. The Morgan fingerprint density at radius 2 is 2.05 bits per heavy atom. The number of anilines is 1. The number of aryl methyl sites for hydroxylation is 1. The minimum absolute atomic E-state index is 0.000184. The Kier molecular flexibility index (Phi) is 6.53. The van der Waals surface area contributed by atoms with Crippen LogP contribution in [0.2, 0.25) is 0 Å². The van der Waals surface area contributed by atoms with E-state index in [0.29, 0.717) is 6.54 Å². The van der Waals surface area contributed by atoms with E-state index in [0.717, 1.165) is 30.6 Å². The Balaban J connectivity index is 2.44. The lowest BCUT2D eigenvalue weighted by Crippen LogP contribution is -2.31. The minimum Gasteiger partial charge on any atom is -0.396 e. The van der Waals surface area contributed by atoms with Crippen LogP contribution in [0.1, 0.15) is 24.0 Å². The number of amides is 1. The summed E-state index contributed by atoms with van der Waals surface area (Å²) in [4.78, 5) is 13.9. The summed E-state index contributed by atoms with van der Waals surface area (Å²) in [5.74, 6) is 0.000184. The van der Waals surface area contributed by atoms with Crippen molar-refractivity contribution in [3.63, 3.8) is 0 Å². The molecule has 0 heterocycles. The van der Waals surface area contributed by atoms with Crippen molar-refractivity contribution in [3.8, 4) is 0 Å². The Morgan fingerprint density at radius 1 is 1.32 bits per heavy atom. The fourth-order valence-electron chi connectivity index (χ4n) is 1.89. The minimum atomic E-state index is 0.000184. The van der Waals surface area contributed by atoms with Crippen molar-refractivity contribution in [2.45, 2.75) is 26.7 Å². The van der Waals surface area contributed by atoms with Gasteiger partial charge in [0.2, 0.25) is 5.91 Å². The first-order valence-corrected chi connectivity index (χ1v) is 6.70. The van der Waals surface area contributed by atoms with Gasteiger partial charge in [0.05, 0.1) is 6.54 Å². The van der Waals surface area contributed by atoms with E-state index in [2.05, 4.69) is 5.32 Å². The van der Waals surface area contributed by atoms with Gasteiger partial charge in [0.1, 0.15) is 0 Å². The molecule has 1 rings (SSSR count). The van der Waals surface area contributed by atoms with Gasteiger partial charge < -0.3 is 10.4 Å². The summed E-state index contributed by atoms with van der Waals surface area (Å²) >= 11 is 0. The summed E-state index contributed by atoms with van der Waals surface area (Å²) in [7, 11) is 1.92. The SMILES string of the molecule is Cc1cccc(NC(=O)CN(C)CCCCO)c1C. The number of hydrogen-bond acceptors (Lipinski definition) is 3. The zero-order chi connectivity index (χ0) is 14.3. The molecule has 0 aliphatic rings. The second-order valence-electron chi connectivity index (χ2n) is 4.96. The number of aliphatic hydroxyl groups is 1. The summed E-state index contributed by atoms with van der Waals surface area (Å²) in [5, 5.41) is 11.7. The lowest BCUT2D eigenvalue weighted by molar-refractivity contribution is -0.117. The quantitative estimate of drug-likeness (QED) is 0.740. The molecule has 2 N–H and O–H groups in total. The van der Waals surface area contributed by atoms with Gasteiger partial charge in [-0.1, -0.05) is 12.1 Å². The molecule has 4 heteroatoms. The van der Waals surface area contributed by atoms with Crippen molar-refractivity contribution in [2.75, 3.05) is 32.1 Å². The highest BCUT2D eigenvalue weighted by Gasteiger charge is 2.08. The van der Waals surface area contributed by atoms with Gasteiger partial charge in [0.25, 0.3) is 0 Å². The number of carbonyl (C=O) groups excluding carboxylic acids is 1. The van der Waals surface area contributed by atoms with Crippen molar-refractivity contribution >= 4 is 11.6 Å². The van der Waals surface area contributed by atoms with Crippen LogP contribution < -0.4 is 5.32 Å². The van der Waals surface area contributed by atoms with Crippen molar-refractivity contribution in [3.05, 3.63) is 29.3 Å². The molecule has 4 nitrogen and oxygen atoms in total. The van der Waals surface area contributed by atoms with Crippen LogP contribution in [0.25, 0.3) is 0 Å². The summed E-state index contributed by atoms with van der Waals surface area (Å²) < 4.78 is 0. The standard InChI is InChI=1S/C15H24N2O2/c1-12-7-6-8-14(13(12)2)16-15(19)11-17(3)9-4-5-10-18/h6-8,18H,4-5,9-11H2,1-3H3,(H,16,19). The van der Waals surface area contributed by atoms with Gasteiger partial charge in [-0.05, 0) is 57.5 Å². The number of nitrogens with zero attached hydrogens (tertiary/aromatic N) is 1. The molecule has 0 spiro atoms. The van der Waals surface area contributed by atoms with E-state index in [-0.39, 0.29) is 12.5 Å². The maximum Gasteiger partial charge on any atom is 0.238 e. The molecule has 0 radical (unpaired) electrons. The van der Waals surface area contributed by atoms with Crippen LogP contribution in [0.3, 0.4) is 0 Å².